The summed E-state index contributed by atoms with van der Waals surface area (Å²) in [5, 5.41) is 21.9. The number of hydrogen-bond donors (Lipinski definition) is 2. The van der Waals surface area contributed by atoms with Gasteiger partial charge in [0, 0.05) is 24.7 Å². The Labute approximate surface area is 201 Å². The first-order chi connectivity index (χ1) is 16.8. The maximum atomic E-state index is 13.9. The molecule has 2 aliphatic rings. The monoisotopic (exact) mass is 480 g/mol. The Kier molecular flexibility index (Phi) is 5.62. The van der Waals surface area contributed by atoms with Crippen LogP contribution in [0.1, 0.15) is 36.3 Å². The quantitative estimate of drug-likeness (QED) is 0.527. The van der Waals surface area contributed by atoms with Crippen molar-refractivity contribution in [2.45, 2.75) is 38.8 Å². The Bertz CT molecular complexity index is 1310. The third-order valence-corrected chi connectivity index (χ3v) is 6.39. The molecule has 2 atom stereocenters. The third kappa shape index (κ3) is 4.07. The molecule has 35 heavy (non-hydrogen) atoms. The molecule has 3 aromatic rings. The number of phenolic OH excluding ortho intramolecular Hbond substituents is 1. The van der Waals surface area contributed by atoms with Crippen LogP contribution in [0, 0.1) is 12.7 Å². The minimum absolute atomic E-state index is 0.190. The van der Waals surface area contributed by atoms with Crippen molar-refractivity contribution in [3.05, 3.63) is 47.5 Å². The molecule has 0 saturated carbocycles. The molecule has 10 nitrogen and oxygen atoms in total. The van der Waals surface area contributed by atoms with Gasteiger partial charge in [0.15, 0.2) is 17.4 Å². The fraction of sp³-hybridized carbons (Fsp3) is 0.375. The van der Waals surface area contributed by atoms with Gasteiger partial charge in [-0.3, -0.25) is 0 Å². The summed E-state index contributed by atoms with van der Waals surface area (Å²) in [4.78, 5) is 22.7. The predicted molar refractivity (Wildman–Crippen MR) is 125 cm³/mol. The summed E-state index contributed by atoms with van der Waals surface area (Å²) in [6.45, 7) is 7.00. The van der Waals surface area contributed by atoms with E-state index in [0.717, 1.165) is 5.69 Å². The first-order valence-electron chi connectivity index (χ1n) is 11.3. The van der Waals surface area contributed by atoms with Gasteiger partial charge < -0.3 is 24.8 Å². The Hall–Kier alpha value is -4.02. The van der Waals surface area contributed by atoms with E-state index in [9.17, 15) is 14.3 Å². The van der Waals surface area contributed by atoms with Crippen molar-refractivity contribution in [2.24, 2.45) is 0 Å². The number of aromatic nitrogens is 4. The van der Waals surface area contributed by atoms with Crippen molar-refractivity contribution in [1.29, 1.82) is 0 Å². The number of nitrogens with one attached hydrogen (secondary N) is 1. The van der Waals surface area contributed by atoms with E-state index >= 15 is 0 Å². The van der Waals surface area contributed by atoms with E-state index in [1.54, 1.807) is 26.0 Å². The van der Waals surface area contributed by atoms with Crippen LogP contribution in [0.2, 0.25) is 0 Å². The van der Waals surface area contributed by atoms with E-state index in [-0.39, 0.29) is 29.8 Å². The van der Waals surface area contributed by atoms with Crippen LogP contribution >= 0.6 is 0 Å². The standard InChI is InChI=1S/C24H25FN6O4/c1-4-34-22(33)16-10-26-23(28-13(16)2)35-14-9-24(3)12-27-21-19(31(24)11-14)8-18(29-30-21)15-6-5-7-17(25)20(15)32/h5-8,10,14,32H,4,9,11-12H2,1-3H3,(H,27,30)/t14-,24-/m1/s1. The maximum Gasteiger partial charge on any atom is 0.341 e. The number of carbonyl (C=O) groups excluding carboxylic acids is 1. The molecule has 5 rings (SSSR count). The molecule has 4 heterocycles. The van der Waals surface area contributed by atoms with E-state index in [1.807, 2.05) is 0 Å². The second-order valence-corrected chi connectivity index (χ2v) is 8.88. The SMILES string of the molecule is CCOC(=O)c1cnc(O[C@H]2CN3c4cc(-c5cccc(F)c5O)nnc4NC[C@@]3(C)C2)nc1C. The number of anilines is 2. The largest absolute Gasteiger partial charge is 0.504 e. The van der Waals surface area contributed by atoms with Crippen LogP contribution in [-0.2, 0) is 4.74 Å². The maximum absolute atomic E-state index is 13.9. The van der Waals surface area contributed by atoms with Crippen LogP contribution in [0.25, 0.3) is 11.3 Å². The molecule has 1 saturated heterocycles. The molecule has 1 aromatic carbocycles. The second-order valence-electron chi connectivity index (χ2n) is 8.88. The highest BCUT2D eigenvalue weighted by Gasteiger charge is 2.47. The van der Waals surface area contributed by atoms with Gasteiger partial charge in [-0.05, 0) is 39.0 Å². The fourth-order valence-electron chi connectivity index (χ4n) is 4.63. The van der Waals surface area contributed by atoms with Crippen LogP contribution in [0.15, 0.2) is 30.5 Å². The van der Waals surface area contributed by atoms with Gasteiger partial charge in [-0.15, -0.1) is 10.2 Å². The average Bonchev–Trinajstić information content (AvgIpc) is 3.17. The van der Waals surface area contributed by atoms with Crippen molar-refractivity contribution >= 4 is 17.5 Å². The third-order valence-electron chi connectivity index (χ3n) is 6.39. The number of nitrogens with zero attached hydrogens (tertiary/aromatic N) is 5. The molecule has 182 valence electrons. The lowest BCUT2D eigenvalue weighted by Crippen LogP contribution is -2.50. The van der Waals surface area contributed by atoms with E-state index in [0.29, 0.717) is 42.3 Å². The Morgan fingerprint density at radius 1 is 1.37 bits per heavy atom. The zero-order valence-corrected chi connectivity index (χ0v) is 19.6. The predicted octanol–water partition coefficient (Wildman–Crippen LogP) is 3.11. The molecule has 0 aliphatic carbocycles. The minimum Gasteiger partial charge on any atom is -0.504 e. The molecule has 1 fully saturated rings. The first-order valence-corrected chi connectivity index (χ1v) is 11.3. The van der Waals surface area contributed by atoms with Gasteiger partial charge in [0.2, 0.25) is 0 Å². The van der Waals surface area contributed by atoms with Crippen molar-refractivity contribution in [3.63, 3.8) is 0 Å². The number of aromatic hydroxyl groups is 1. The van der Waals surface area contributed by atoms with E-state index in [2.05, 4.69) is 37.3 Å². The normalized spacial score (nSPS) is 20.6. The molecular weight excluding hydrogens is 455 g/mol. The Balaban J connectivity index is 1.39. The number of aryl methyl sites for hydroxylation is 1. The van der Waals surface area contributed by atoms with Crippen LogP contribution < -0.4 is 15.0 Å². The van der Waals surface area contributed by atoms with Gasteiger partial charge in [-0.1, -0.05) is 6.07 Å². The molecule has 0 spiro atoms. The number of esters is 1. The molecular formula is C24H25FN6O4. The van der Waals surface area contributed by atoms with Gasteiger partial charge >= 0.3 is 12.0 Å². The van der Waals surface area contributed by atoms with Gasteiger partial charge in [-0.25, -0.2) is 14.2 Å². The highest BCUT2D eigenvalue weighted by Crippen LogP contribution is 2.43. The lowest BCUT2D eigenvalue weighted by Gasteiger charge is -2.41. The van der Waals surface area contributed by atoms with Gasteiger partial charge in [-0.2, -0.15) is 4.98 Å². The van der Waals surface area contributed by atoms with Crippen molar-refractivity contribution in [1.82, 2.24) is 20.2 Å². The number of carbonyl (C=O) groups is 1. The van der Waals surface area contributed by atoms with E-state index in [4.69, 9.17) is 9.47 Å². The van der Waals surface area contributed by atoms with Crippen molar-refractivity contribution in [3.8, 4) is 23.0 Å². The molecule has 2 aliphatic heterocycles. The van der Waals surface area contributed by atoms with Crippen LogP contribution in [-0.4, -0.2) is 62.6 Å². The van der Waals surface area contributed by atoms with Gasteiger partial charge in [0.05, 0.1) is 41.3 Å². The lowest BCUT2D eigenvalue weighted by atomic mass is 9.95. The molecule has 2 aromatic heterocycles. The van der Waals surface area contributed by atoms with Gasteiger partial charge in [0.1, 0.15) is 6.10 Å². The molecule has 0 radical (unpaired) electrons. The summed E-state index contributed by atoms with van der Waals surface area (Å²) < 4.78 is 25.0. The number of benzene rings is 1. The highest BCUT2D eigenvalue weighted by atomic mass is 19.1. The summed E-state index contributed by atoms with van der Waals surface area (Å²) in [6.07, 6.45) is 1.88. The number of para-hydroxylation sites is 1. The molecule has 0 unspecified atom stereocenters. The Morgan fingerprint density at radius 2 is 2.20 bits per heavy atom. The summed E-state index contributed by atoms with van der Waals surface area (Å²) in [7, 11) is 0. The number of rotatable bonds is 5. The second kappa shape index (κ2) is 8.64. The zero-order chi connectivity index (χ0) is 24.7. The zero-order valence-electron chi connectivity index (χ0n) is 19.6. The summed E-state index contributed by atoms with van der Waals surface area (Å²) >= 11 is 0. The molecule has 11 heteroatoms. The lowest BCUT2D eigenvalue weighted by molar-refractivity contribution is 0.0524. The number of phenols is 1. The smallest absolute Gasteiger partial charge is 0.341 e. The minimum atomic E-state index is -0.719. The van der Waals surface area contributed by atoms with Crippen molar-refractivity contribution < 1.29 is 23.8 Å². The van der Waals surface area contributed by atoms with Gasteiger partial charge in [0.25, 0.3) is 0 Å². The average molecular weight is 481 g/mol. The summed E-state index contributed by atoms with van der Waals surface area (Å²) in [5.74, 6) is -1.04. The molecule has 0 amide bonds. The van der Waals surface area contributed by atoms with Crippen LogP contribution in [0.3, 0.4) is 0 Å². The fourth-order valence-corrected chi connectivity index (χ4v) is 4.63. The molecule has 0 bridgehead atoms. The van der Waals surface area contributed by atoms with Crippen molar-refractivity contribution in [2.75, 3.05) is 29.9 Å². The Morgan fingerprint density at radius 3 is 2.97 bits per heavy atom. The number of hydrogen-bond acceptors (Lipinski definition) is 10. The molecule has 2 N–H and O–H groups in total. The van der Waals surface area contributed by atoms with Crippen LogP contribution in [0.5, 0.6) is 11.8 Å². The summed E-state index contributed by atoms with van der Waals surface area (Å²) in [6, 6.07) is 6.28. The van der Waals surface area contributed by atoms with E-state index < -0.39 is 17.5 Å². The summed E-state index contributed by atoms with van der Waals surface area (Å²) in [5.41, 5.74) is 1.92. The highest BCUT2D eigenvalue weighted by molar-refractivity contribution is 5.90. The topological polar surface area (TPSA) is 123 Å². The number of fused-ring (bicyclic) bond motifs is 3. The number of ether oxygens (including phenoxy) is 2. The van der Waals surface area contributed by atoms with E-state index in [1.165, 1.54) is 18.3 Å². The number of halogens is 1. The van der Waals surface area contributed by atoms with Crippen LogP contribution in [0.4, 0.5) is 15.9 Å². The first kappa shape index (κ1) is 22.8.